The van der Waals surface area contributed by atoms with Crippen LogP contribution in [-0.4, -0.2) is 42.0 Å². The number of benzene rings is 2. The van der Waals surface area contributed by atoms with E-state index in [1.54, 1.807) is 23.5 Å². The summed E-state index contributed by atoms with van der Waals surface area (Å²) < 4.78 is 6.77. The number of ether oxygens (including phenoxy) is 1. The van der Waals surface area contributed by atoms with Crippen molar-refractivity contribution in [3.05, 3.63) is 58.5 Å². The van der Waals surface area contributed by atoms with Crippen LogP contribution in [0, 0.1) is 0 Å². The van der Waals surface area contributed by atoms with E-state index in [1.165, 1.54) is 0 Å². The minimum Gasteiger partial charge on any atom is -0.508 e. The molecule has 0 amide bonds. The number of phenols is 1. The van der Waals surface area contributed by atoms with Crippen molar-refractivity contribution in [3.63, 3.8) is 0 Å². The zero-order chi connectivity index (χ0) is 21.0. The van der Waals surface area contributed by atoms with Gasteiger partial charge in [-0.25, -0.2) is 0 Å². The number of hydrogen-bond acceptors (Lipinski definition) is 5. The Balaban J connectivity index is 1.81. The maximum Gasteiger partial charge on any atom is 0.194 e. The van der Waals surface area contributed by atoms with E-state index in [0.717, 1.165) is 45.9 Å². The van der Waals surface area contributed by atoms with Crippen LogP contribution in [0.3, 0.4) is 0 Å². The highest BCUT2D eigenvalue weighted by atomic mass is 32.1. The largest absolute Gasteiger partial charge is 0.508 e. The van der Waals surface area contributed by atoms with Gasteiger partial charge in [0.15, 0.2) is 5.78 Å². The molecule has 0 aliphatic heterocycles. The molecule has 0 unspecified atom stereocenters. The minimum atomic E-state index is 0.0142. The van der Waals surface area contributed by atoms with Gasteiger partial charge in [0.2, 0.25) is 0 Å². The quantitative estimate of drug-likeness (QED) is 0.460. The number of carbonyl (C=O) groups is 1. The van der Waals surface area contributed by atoms with E-state index in [2.05, 4.69) is 32.6 Å². The summed E-state index contributed by atoms with van der Waals surface area (Å²) in [7, 11) is 0. The molecular formula is C24H29NO3S. The number of hydrogen-bond donors (Lipinski definition) is 1. The summed E-state index contributed by atoms with van der Waals surface area (Å²) in [5, 5.41) is 10.7. The van der Waals surface area contributed by atoms with Crippen molar-refractivity contribution in [2.24, 2.45) is 0 Å². The van der Waals surface area contributed by atoms with Crippen LogP contribution in [0.4, 0.5) is 0 Å². The van der Waals surface area contributed by atoms with Crippen LogP contribution < -0.4 is 4.74 Å². The maximum atomic E-state index is 13.3. The maximum absolute atomic E-state index is 13.3. The molecule has 0 saturated heterocycles. The Bertz CT molecular complexity index is 972. The molecule has 0 bridgehead atoms. The number of fused-ring (bicyclic) bond motifs is 1. The number of likely N-dealkylation sites (N-methyl/N-ethyl adjacent to an activating group) is 1. The zero-order valence-electron chi connectivity index (χ0n) is 17.6. The Morgan fingerprint density at radius 3 is 2.41 bits per heavy atom. The number of aromatic hydroxyl groups is 1. The van der Waals surface area contributed by atoms with Gasteiger partial charge in [0.05, 0.1) is 0 Å². The third-order valence-electron chi connectivity index (χ3n) is 5.14. The molecule has 2 aromatic carbocycles. The Kier molecular flexibility index (Phi) is 6.93. The van der Waals surface area contributed by atoms with Crippen molar-refractivity contribution >= 4 is 27.2 Å². The molecule has 1 heterocycles. The highest BCUT2D eigenvalue weighted by molar-refractivity contribution is 7.19. The summed E-state index contributed by atoms with van der Waals surface area (Å²) in [6, 6.07) is 12.6. The molecule has 5 heteroatoms. The van der Waals surface area contributed by atoms with Gasteiger partial charge in [0.25, 0.3) is 0 Å². The first-order valence-corrected chi connectivity index (χ1v) is 11.0. The average molecular weight is 412 g/mol. The smallest absolute Gasteiger partial charge is 0.194 e. The van der Waals surface area contributed by atoms with Gasteiger partial charge in [0, 0.05) is 32.6 Å². The van der Waals surface area contributed by atoms with Gasteiger partial charge in [0.1, 0.15) is 18.1 Å². The Morgan fingerprint density at radius 1 is 1.10 bits per heavy atom. The molecule has 1 N–H and O–H groups in total. The van der Waals surface area contributed by atoms with E-state index in [1.807, 2.05) is 30.3 Å². The van der Waals surface area contributed by atoms with Gasteiger partial charge in [-0.2, -0.15) is 0 Å². The lowest BCUT2D eigenvalue weighted by Gasteiger charge is -2.18. The molecule has 0 atom stereocenters. The van der Waals surface area contributed by atoms with Gasteiger partial charge in [-0.1, -0.05) is 27.7 Å². The molecule has 3 aromatic rings. The first-order valence-electron chi connectivity index (χ1n) is 10.2. The standard InChI is InChI=1S/C24H29NO3S/c1-5-25(6-2)13-14-28-19-10-7-17(8-11-19)23(27)22-20-12-9-18(26)15-21(20)29-24(22)16(3)4/h7-12,15-16,26H,5-6,13-14H2,1-4H3. The Morgan fingerprint density at radius 2 is 1.79 bits per heavy atom. The lowest BCUT2D eigenvalue weighted by Crippen LogP contribution is -2.27. The second-order valence-corrected chi connectivity index (χ2v) is 8.49. The van der Waals surface area contributed by atoms with Gasteiger partial charge < -0.3 is 14.7 Å². The number of carbonyl (C=O) groups excluding carboxylic acids is 1. The lowest BCUT2D eigenvalue weighted by molar-refractivity contribution is 0.103. The molecule has 29 heavy (non-hydrogen) atoms. The predicted octanol–water partition coefficient (Wildman–Crippen LogP) is 5.68. The SMILES string of the molecule is CCN(CC)CCOc1ccc(C(=O)c2c(C(C)C)sc3cc(O)ccc23)cc1. The highest BCUT2D eigenvalue weighted by Gasteiger charge is 2.22. The first-order chi connectivity index (χ1) is 13.9. The number of nitrogens with zero attached hydrogens (tertiary/aromatic N) is 1. The topological polar surface area (TPSA) is 49.8 Å². The fourth-order valence-electron chi connectivity index (χ4n) is 3.42. The summed E-state index contributed by atoms with van der Waals surface area (Å²) in [6.07, 6.45) is 0. The molecule has 0 aliphatic rings. The number of rotatable bonds is 9. The van der Waals surface area contributed by atoms with E-state index in [9.17, 15) is 9.90 Å². The summed E-state index contributed by atoms with van der Waals surface area (Å²) in [6.45, 7) is 12.0. The molecule has 154 valence electrons. The Hall–Kier alpha value is -2.37. The van der Waals surface area contributed by atoms with Crippen LogP contribution >= 0.6 is 11.3 Å². The fraction of sp³-hybridized carbons (Fsp3) is 0.375. The number of ketones is 1. The van der Waals surface area contributed by atoms with Crippen LogP contribution in [0.1, 0.15) is 54.4 Å². The molecule has 1 aromatic heterocycles. The third-order valence-corrected chi connectivity index (χ3v) is 6.59. The normalized spacial score (nSPS) is 11.5. The van der Waals surface area contributed by atoms with Crippen molar-refractivity contribution in [1.29, 1.82) is 0 Å². The molecule has 0 fully saturated rings. The second kappa shape index (κ2) is 9.42. The van der Waals surface area contributed by atoms with Crippen LogP contribution in [0.2, 0.25) is 0 Å². The molecule has 0 spiro atoms. The van der Waals surface area contributed by atoms with Gasteiger partial charge in [-0.3, -0.25) is 4.79 Å². The summed E-state index contributed by atoms with van der Waals surface area (Å²) in [5.41, 5.74) is 1.39. The molecular weight excluding hydrogens is 382 g/mol. The van der Waals surface area contributed by atoms with E-state index in [-0.39, 0.29) is 17.5 Å². The zero-order valence-corrected chi connectivity index (χ0v) is 18.4. The van der Waals surface area contributed by atoms with Gasteiger partial charge in [-0.05, 0) is 61.5 Å². The molecule has 0 aliphatic carbocycles. The summed E-state index contributed by atoms with van der Waals surface area (Å²) in [4.78, 5) is 16.7. The van der Waals surface area contributed by atoms with Crippen LogP contribution in [0.25, 0.3) is 10.1 Å². The van der Waals surface area contributed by atoms with Crippen LogP contribution in [-0.2, 0) is 0 Å². The lowest BCUT2D eigenvalue weighted by atomic mass is 9.96. The van der Waals surface area contributed by atoms with Gasteiger partial charge >= 0.3 is 0 Å². The predicted molar refractivity (Wildman–Crippen MR) is 121 cm³/mol. The summed E-state index contributed by atoms with van der Waals surface area (Å²) >= 11 is 1.58. The van der Waals surface area contributed by atoms with E-state index < -0.39 is 0 Å². The van der Waals surface area contributed by atoms with Gasteiger partial charge in [-0.15, -0.1) is 11.3 Å². The first kappa shape index (κ1) is 21.3. The van der Waals surface area contributed by atoms with Crippen molar-refractivity contribution in [1.82, 2.24) is 4.90 Å². The van der Waals surface area contributed by atoms with E-state index in [0.29, 0.717) is 12.2 Å². The second-order valence-electron chi connectivity index (χ2n) is 7.41. The Labute approximate surface area is 176 Å². The molecule has 0 radical (unpaired) electrons. The van der Waals surface area contributed by atoms with Crippen molar-refractivity contribution < 1.29 is 14.6 Å². The third kappa shape index (κ3) is 4.80. The minimum absolute atomic E-state index is 0.0142. The van der Waals surface area contributed by atoms with Crippen molar-refractivity contribution in [2.75, 3.05) is 26.2 Å². The average Bonchev–Trinajstić information content (AvgIpc) is 3.10. The molecule has 0 saturated carbocycles. The monoisotopic (exact) mass is 411 g/mol. The van der Waals surface area contributed by atoms with Crippen molar-refractivity contribution in [3.8, 4) is 11.5 Å². The van der Waals surface area contributed by atoms with E-state index >= 15 is 0 Å². The van der Waals surface area contributed by atoms with Crippen molar-refractivity contribution in [2.45, 2.75) is 33.6 Å². The molecule has 4 nitrogen and oxygen atoms in total. The number of thiophene rings is 1. The van der Waals surface area contributed by atoms with E-state index in [4.69, 9.17) is 4.74 Å². The van der Waals surface area contributed by atoms with Crippen LogP contribution in [0.5, 0.6) is 11.5 Å². The van der Waals surface area contributed by atoms with Crippen LogP contribution in [0.15, 0.2) is 42.5 Å². The fourth-order valence-corrected chi connectivity index (χ4v) is 4.66. The highest BCUT2D eigenvalue weighted by Crippen LogP contribution is 2.38. The summed E-state index contributed by atoms with van der Waals surface area (Å²) in [5.74, 6) is 1.24. The number of phenolic OH excluding ortho intramolecular Hbond substituents is 1. The molecule has 3 rings (SSSR count).